The minimum atomic E-state index is -2.01. The second kappa shape index (κ2) is 12.7. The maximum absolute atomic E-state index is 12.0. The van der Waals surface area contributed by atoms with Gasteiger partial charge in [-0.1, -0.05) is 25.7 Å². The molecule has 0 bridgehead atoms. The second-order valence-corrected chi connectivity index (χ2v) is 11.3. The summed E-state index contributed by atoms with van der Waals surface area (Å²) in [5.74, 6) is 3.95. The van der Waals surface area contributed by atoms with Gasteiger partial charge in [0, 0.05) is 12.4 Å². The van der Waals surface area contributed by atoms with Crippen LogP contribution in [0.2, 0.25) is 0 Å². The van der Waals surface area contributed by atoms with Crippen molar-refractivity contribution < 1.29 is 44.5 Å². The number of esters is 1. The van der Waals surface area contributed by atoms with E-state index in [1.54, 1.807) is 38.4 Å². The van der Waals surface area contributed by atoms with E-state index in [2.05, 4.69) is 31.8 Å². The molecular weight excluding hydrogens is 616 g/mol. The first kappa shape index (κ1) is 33.5. The number of ether oxygens (including phenoxy) is 3. The normalized spacial score (nSPS) is 30.2. The van der Waals surface area contributed by atoms with Crippen molar-refractivity contribution in [2.24, 2.45) is 5.92 Å². The Hall–Kier alpha value is -4.85. The molecular formula is C30H34N8O9. The molecule has 17 nitrogen and oxygen atoms in total. The van der Waals surface area contributed by atoms with Crippen molar-refractivity contribution in [3.63, 3.8) is 0 Å². The first-order chi connectivity index (χ1) is 22.4. The SMILES string of the molecule is C#C[C@@]1(O)[C@H](O)[C@@H](CO)O[C@H]1n1ccc2c(N)ncnc21.C#C[C@@]1(O)[C@H](OC(=O)C(C)C)[C@@H](CO)O[C@H]1n1ccc2c(N)ncnc21. The van der Waals surface area contributed by atoms with E-state index in [9.17, 15) is 30.3 Å². The van der Waals surface area contributed by atoms with Crippen molar-refractivity contribution >= 4 is 39.7 Å². The first-order valence-corrected chi connectivity index (χ1v) is 14.3. The van der Waals surface area contributed by atoms with Crippen molar-refractivity contribution in [3.8, 4) is 24.7 Å². The molecule has 4 aromatic heterocycles. The van der Waals surface area contributed by atoms with Gasteiger partial charge in [0.2, 0.25) is 5.60 Å². The second-order valence-electron chi connectivity index (χ2n) is 11.3. The lowest BCUT2D eigenvalue weighted by Gasteiger charge is -2.29. The zero-order valence-electron chi connectivity index (χ0n) is 25.3. The molecule has 2 fully saturated rings. The summed E-state index contributed by atoms with van der Waals surface area (Å²) in [6.45, 7) is 2.33. The Morgan fingerprint density at radius 3 is 1.83 bits per heavy atom. The number of rotatable bonds is 6. The third kappa shape index (κ3) is 5.49. The predicted octanol–water partition coefficient (Wildman–Crippen LogP) is -1.54. The van der Waals surface area contributed by atoms with Crippen LogP contribution >= 0.6 is 0 Å². The van der Waals surface area contributed by atoms with E-state index in [0.717, 1.165) is 0 Å². The van der Waals surface area contributed by atoms with E-state index in [1.807, 2.05) is 0 Å². The highest BCUT2D eigenvalue weighted by atomic mass is 16.6. The number of aromatic nitrogens is 6. The van der Waals surface area contributed by atoms with Crippen LogP contribution in [0.15, 0.2) is 37.2 Å². The number of aliphatic hydroxyl groups is 5. The van der Waals surface area contributed by atoms with Gasteiger partial charge in [-0.15, -0.1) is 12.8 Å². The van der Waals surface area contributed by atoms with E-state index in [1.165, 1.54) is 21.8 Å². The van der Waals surface area contributed by atoms with Gasteiger partial charge in [0.15, 0.2) is 24.2 Å². The van der Waals surface area contributed by atoms with Crippen LogP contribution in [0, 0.1) is 30.6 Å². The summed E-state index contributed by atoms with van der Waals surface area (Å²) < 4.78 is 19.5. The van der Waals surface area contributed by atoms with E-state index >= 15 is 0 Å². The van der Waals surface area contributed by atoms with Crippen LogP contribution in [-0.2, 0) is 19.0 Å². The number of aliphatic hydroxyl groups excluding tert-OH is 3. The Balaban J connectivity index is 0.000000189. The van der Waals surface area contributed by atoms with Crippen LogP contribution < -0.4 is 11.5 Å². The molecule has 4 aromatic rings. The summed E-state index contributed by atoms with van der Waals surface area (Å²) in [6.07, 6.45) is 9.75. The number of hydrogen-bond acceptors (Lipinski definition) is 15. The monoisotopic (exact) mass is 650 g/mol. The van der Waals surface area contributed by atoms with Crippen molar-refractivity contribution in [1.29, 1.82) is 0 Å². The highest BCUT2D eigenvalue weighted by Gasteiger charge is 2.59. The van der Waals surface area contributed by atoms with Gasteiger partial charge in [-0.05, 0) is 12.1 Å². The molecule has 2 aliphatic rings. The minimum Gasteiger partial charge on any atom is -0.455 e. The minimum absolute atomic E-state index is 0.262. The van der Waals surface area contributed by atoms with Crippen LogP contribution in [0.4, 0.5) is 11.6 Å². The molecule has 0 saturated carbocycles. The Labute approximate surface area is 267 Å². The van der Waals surface area contributed by atoms with Crippen LogP contribution in [-0.4, -0.2) is 109 Å². The Morgan fingerprint density at radius 2 is 1.38 bits per heavy atom. The molecule has 248 valence electrons. The van der Waals surface area contributed by atoms with E-state index in [-0.39, 0.29) is 11.6 Å². The molecule has 6 heterocycles. The highest BCUT2D eigenvalue weighted by Crippen LogP contribution is 2.42. The predicted molar refractivity (Wildman–Crippen MR) is 164 cm³/mol. The average Bonchev–Trinajstić information content (AvgIpc) is 3.81. The molecule has 0 spiro atoms. The van der Waals surface area contributed by atoms with Crippen molar-refractivity contribution in [2.75, 3.05) is 24.7 Å². The number of anilines is 2. The van der Waals surface area contributed by atoms with Crippen molar-refractivity contribution in [2.45, 2.75) is 61.9 Å². The van der Waals surface area contributed by atoms with Crippen molar-refractivity contribution in [1.82, 2.24) is 29.1 Å². The van der Waals surface area contributed by atoms with Crippen molar-refractivity contribution in [3.05, 3.63) is 37.2 Å². The molecule has 2 saturated heterocycles. The molecule has 6 rings (SSSR count). The van der Waals surface area contributed by atoms with E-state index in [0.29, 0.717) is 22.1 Å². The highest BCUT2D eigenvalue weighted by molar-refractivity contribution is 5.86. The zero-order valence-corrected chi connectivity index (χ0v) is 25.3. The number of terminal acetylenes is 2. The summed E-state index contributed by atoms with van der Waals surface area (Å²) in [5, 5.41) is 51.7. The number of carbonyl (C=O) groups excluding carboxylic acids is 1. The summed E-state index contributed by atoms with van der Waals surface area (Å²) in [5.41, 5.74) is 8.39. The molecule has 0 amide bonds. The molecule has 47 heavy (non-hydrogen) atoms. The third-order valence-corrected chi connectivity index (χ3v) is 8.06. The zero-order chi connectivity index (χ0) is 34.3. The molecule has 8 atom stereocenters. The molecule has 2 aliphatic heterocycles. The molecule has 17 heteroatoms. The van der Waals surface area contributed by atoms with Crippen LogP contribution in [0.5, 0.6) is 0 Å². The number of carbonyl (C=O) groups is 1. The first-order valence-electron chi connectivity index (χ1n) is 14.3. The quantitative estimate of drug-likeness (QED) is 0.0922. The number of hydrogen-bond donors (Lipinski definition) is 7. The smallest absolute Gasteiger partial charge is 0.308 e. The van der Waals surface area contributed by atoms with Gasteiger partial charge in [0.25, 0.3) is 0 Å². The molecule has 0 unspecified atom stereocenters. The van der Waals surface area contributed by atoms with Crippen LogP contribution in [0.1, 0.15) is 26.3 Å². The average molecular weight is 651 g/mol. The summed E-state index contributed by atoms with van der Waals surface area (Å²) in [4.78, 5) is 28.1. The van der Waals surface area contributed by atoms with Gasteiger partial charge < -0.3 is 60.3 Å². The van der Waals surface area contributed by atoms with E-state index in [4.69, 9.17) is 38.5 Å². The number of nitrogens with zero attached hydrogens (tertiary/aromatic N) is 6. The fourth-order valence-electron chi connectivity index (χ4n) is 5.47. The van der Waals surface area contributed by atoms with Gasteiger partial charge in [-0.3, -0.25) is 4.79 Å². The number of nitrogen functional groups attached to an aromatic ring is 2. The molecule has 9 N–H and O–H groups in total. The molecule has 0 aliphatic carbocycles. The lowest BCUT2D eigenvalue weighted by molar-refractivity contribution is -0.164. The third-order valence-electron chi connectivity index (χ3n) is 8.06. The van der Waals surface area contributed by atoms with Crippen LogP contribution in [0.25, 0.3) is 22.1 Å². The number of fused-ring (bicyclic) bond motifs is 2. The summed E-state index contributed by atoms with van der Waals surface area (Å²) in [7, 11) is 0. The lowest BCUT2D eigenvalue weighted by atomic mass is 9.94. The van der Waals surface area contributed by atoms with Gasteiger partial charge >= 0.3 is 5.97 Å². The van der Waals surface area contributed by atoms with Crippen LogP contribution in [0.3, 0.4) is 0 Å². The maximum Gasteiger partial charge on any atom is 0.308 e. The molecule has 0 aromatic carbocycles. The summed E-state index contributed by atoms with van der Waals surface area (Å²) in [6, 6.07) is 3.32. The maximum atomic E-state index is 12.0. The number of nitrogens with two attached hydrogens (primary N) is 2. The van der Waals surface area contributed by atoms with Gasteiger partial charge in [-0.25, -0.2) is 19.9 Å². The van der Waals surface area contributed by atoms with Gasteiger partial charge in [0.1, 0.15) is 53.9 Å². The summed E-state index contributed by atoms with van der Waals surface area (Å²) >= 11 is 0. The van der Waals surface area contributed by atoms with E-state index < -0.39 is 73.2 Å². The Kier molecular flexibility index (Phi) is 9.09. The lowest BCUT2D eigenvalue weighted by Crippen LogP contribution is -2.48. The topological polar surface area (TPSA) is 259 Å². The fraction of sp³-hybridized carbons (Fsp3) is 0.433. The van der Waals surface area contributed by atoms with Gasteiger partial charge in [0.05, 0.1) is 29.9 Å². The standard InChI is InChI=1S/C17H20N4O5.C13H14N4O4/c1-4-17(24)12(26-15(23)9(2)3)11(7-22)25-16(17)21-6-5-10-13(18)19-8-20-14(10)21;1-2-13(20)9(19)8(5-18)21-12(13)17-4-3-7-10(14)15-6-16-11(7)17/h1,5-6,8-9,11-12,16,22,24H,7H2,2-3H3,(H2,18,19,20);1,3-4,6,8-9,12,18-20H,5H2,(H2,14,15,16)/t11-,12-,16-,17-;8-,9-,12-,13-/m11/s1. The Morgan fingerprint density at radius 1 is 0.915 bits per heavy atom. The largest absolute Gasteiger partial charge is 0.455 e. The fourth-order valence-corrected chi connectivity index (χ4v) is 5.47. The Bertz CT molecular complexity index is 1870. The molecule has 0 radical (unpaired) electrons. The van der Waals surface area contributed by atoms with Gasteiger partial charge in [-0.2, -0.15) is 0 Å².